The quantitative estimate of drug-likeness (QED) is 0.816. The second-order valence-electron chi connectivity index (χ2n) is 6.38. The average molecular weight is 358 g/mol. The molecule has 2 saturated heterocycles. The summed E-state index contributed by atoms with van der Waals surface area (Å²) < 4.78 is 19.4. The molecule has 4 rings (SSSR count). The van der Waals surface area contributed by atoms with Crippen LogP contribution in [0.25, 0.3) is 0 Å². The summed E-state index contributed by atoms with van der Waals surface area (Å²) in [6.45, 7) is 4.35. The number of carbonyl (C=O) groups is 1. The van der Waals surface area contributed by atoms with E-state index in [0.29, 0.717) is 44.4 Å². The van der Waals surface area contributed by atoms with Gasteiger partial charge in [0.15, 0.2) is 0 Å². The van der Waals surface area contributed by atoms with Crippen LogP contribution in [-0.4, -0.2) is 70.7 Å². The Bertz CT molecular complexity index is 735. The van der Waals surface area contributed by atoms with Crippen molar-refractivity contribution in [2.75, 3.05) is 32.9 Å². The molecule has 0 bridgehead atoms. The van der Waals surface area contributed by atoms with Crippen molar-refractivity contribution >= 4 is 5.91 Å². The number of hydrogen-bond acceptors (Lipinski definition) is 6. The zero-order valence-electron chi connectivity index (χ0n) is 14.7. The van der Waals surface area contributed by atoms with Crippen molar-refractivity contribution in [1.29, 1.82) is 0 Å². The monoisotopic (exact) mass is 358 g/mol. The minimum Gasteiger partial charge on any atom is -0.477 e. The van der Waals surface area contributed by atoms with Crippen LogP contribution in [0.4, 0.5) is 0 Å². The lowest BCUT2D eigenvalue weighted by atomic mass is 10.2. The molecule has 0 saturated carbocycles. The highest BCUT2D eigenvalue weighted by atomic mass is 16.6. The smallest absolute Gasteiger partial charge is 0.259 e. The van der Waals surface area contributed by atoms with Gasteiger partial charge in [-0.1, -0.05) is 0 Å². The minimum atomic E-state index is -0.133. The van der Waals surface area contributed by atoms with E-state index >= 15 is 0 Å². The first kappa shape index (κ1) is 17.0. The van der Waals surface area contributed by atoms with E-state index in [1.54, 1.807) is 29.4 Å². The maximum absolute atomic E-state index is 12.9. The normalized spacial score (nSPS) is 23.5. The molecule has 138 valence electrons. The number of nitrogens with zero attached hydrogens (tertiary/aromatic N) is 4. The third-order valence-electron chi connectivity index (χ3n) is 4.69. The Kier molecular flexibility index (Phi) is 4.85. The number of fused-ring (bicyclic) bond motifs is 1. The van der Waals surface area contributed by atoms with Gasteiger partial charge in [-0.2, -0.15) is 5.10 Å². The van der Waals surface area contributed by atoms with Crippen molar-refractivity contribution in [3.05, 3.63) is 42.4 Å². The van der Waals surface area contributed by atoms with Crippen molar-refractivity contribution in [2.24, 2.45) is 0 Å². The van der Waals surface area contributed by atoms with Crippen LogP contribution < -0.4 is 4.74 Å². The van der Waals surface area contributed by atoms with Gasteiger partial charge in [-0.3, -0.25) is 9.48 Å². The molecule has 2 atom stereocenters. The van der Waals surface area contributed by atoms with Crippen LogP contribution in [0.5, 0.6) is 5.88 Å². The van der Waals surface area contributed by atoms with Gasteiger partial charge in [-0.15, -0.1) is 0 Å². The van der Waals surface area contributed by atoms with Crippen molar-refractivity contribution in [2.45, 2.75) is 25.2 Å². The Morgan fingerprint density at radius 1 is 1.23 bits per heavy atom. The summed E-state index contributed by atoms with van der Waals surface area (Å²) in [5.74, 6) is 0.262. The fourth-order valence-corrected chi connectivity index (χ4v) is 3.37. The number of amides is 1. The van der Waals surface area contributed by atoms with E-state index in [9.17, 15) is 4.79 Å². The van der Waals surface area contributed by atoms with E-state index < -0.39 is 0 Å². The zero-order valence-corrected chi connectivity index (χ0v) is 14.7. The molecule has 0 aliphatic carbocycles. The lowest BCUT2D eigenvalue weighted by Crippen LogP contribution is -2.31. The summed E-state index contributed by atoms with van der Waals surface area (Å²) in [4.78, 5) is 18.8. The molecule has 26 heavy (non-hydrogen) atoms. The summed E-state index contributed by atoms with van der Waals surface area (Å²) in [6, 6.07) is 5.42. The highest BCUT2D eigenvalue weighted by molar-refractivity contribution is 5.96. The predicted octanol–water partition coefficient (Wildman–Crippen LogP) is 1.16. The zero-order chi connectivity index (χ0) is 17.9. The van der Waals surface area contributed by atoms with Gasteiger partial charge in [0.05, 0.1) is 25.9 Å². The topological polar surface area (TPSA) is 78.7 Å². The largest absolute Gasteiger partial charge is 0.477 e. The fraction of sp³-hybridized carbons (Fsp3) is 0.500. The van der Waals surface area contributed by atoms with E-state index in [0.717, 1.165) is 0 Å². The maximum atomic E-state index is 12.9. The van der Waals surface area contributed by atoms with Crippen molar-refractivity contribution in [3.63, 3.8) is 0 Å². The molecule has 1 amide bonds. The van der Waals surface area contributed by atoms with Crippen LogP contribution in [0.2, 0.25) is 0 Å². The molecular weight excluding hydrogens is 336 g/mol. The second-order valence-corrected chi connectivity index (χ2v) is 6.38. The maximum Gasteiger partial charge on any atom is 0.259 e. The van der Waals surface area contributed by atoms with Gasteiger partial charge < -0.3 is 19.1 Å². The fourth-order valence-electron chi connectivity index (χ4n) is 3.37. The molecule has 0 spiro atoms. The van der Waals surface area contributed by atoms with Crippen molar-refractivity contribution in [3.8, 4) is 5.88 Å². The van der Waals surface area contributed by atoms with Gasteiger partial charge in [0.25, 0.3) is 5.91 Å². The SMILES string of the molecule is CCOc1ncccc1C(=O)N1C[C@@H]2OCC(n3cccn3)CO[C@H]2C1. The van der Waals surface area contributed by atoms with Gasteiger partial charge in [-0.05, 0) is 25.1 Å². The number of carbonyl (C=O) groups excluding carboxylic acids is 1. The Hall–Kier alpha value is -2.45. The molecule has 2 aliphatic rings. The molecular formula is C18H22N4O4. The molecule has 0 aromatic carbocycles. The summed E-state index contributed by atoms with van der Waals surface area (Å²) in [7, 11) is 0. The summed E-state index contributed by atoms with van der Waals surface area (Å²) >= 11 is 0. The Balaban J connectivity index is 1.43. The molecule has 2 aromatic heterocycles. The molecule has 0 radical (unpaired) electrons. The van der Waals surface area contributed by atoms with E-state index in [1.165, 1.54) is 0 Å². The van der Waals surface area contributed by atoms with Crippen LogP contribution in [0.1, 0.15) is 23.3 Å². The van der Waals surface area contributed by atoms with Gasteiger partial charge in [0.2, 0.25) is 5.88 Å². The molecule has 8 nitrogen and oxygen atoms in total. The summed E-state index contributed by atoms with van der Waals surface area (Å²) in [5.41, 5.74) is 0.472. The number of pyridine rings is 1. The number of rotatable bonds is 4. The number of ether oxygens (including phenoxy) is 3. The molecule has 0 N–H and O–H groups in total. The Morgan fingerprint density at radius 2 is 2.00 bits per heavy atom. The third-order valence-corrected chi connectivity index (χ3v) is 4.69. The Morgan fingerprint density at radius 3 is 2.65 bits per heavy atom. The summed E-state index contributed by atoms with van der Waals surface area (Å²) in [6.07, 6.45) is 5.01. The highest BCUT2D eigenvalue weighted by Gasteiger charge is 2.40. The van der Waals surface area contributed by atoms with Crippen LogP contribution in [-0.2, 0) is 9.47 Å². The Labute approximate surface area is 151 Å². The van der Waals surface area contributed by atoms with Gasteiger partial charge >= 0.3 is 0 Å². The van der Waals surface area contributed by atoms with Gasteiger partial charge in [0, 0.05) is 31.7 Å². The first-order valence-electron chi connectivity index (χ1n) is 8.85. The van der Waals surface area contributed by atoms with Crippen LogP contribution in [0.15, 0.2) is 36.8 Å². The van der Waals surface area contributed by atoms with E-state index in [2.05, 4.69) is 10.1 Å². The van der Waals surface area contributed by atoms with E-state index in [4.69, 9.17) is 14.2 Å². The highest BCUT2D eigenvalue weighted by Crippen LogP contribution is 2.26. The molecule has 4 heterocycles. The average Bonchev–Trinajstić information content (AvgIpc) is 3.29. The molecule has 0 unspecified atom stereocenters. The number of aromatic nitrogens is 3. The van der Waals surface area contributed by atoms with Crippen molar-refractivity contribution in [1.82, 2.24) is 19.7 Å². The predicted molar refractivity (Wildman–Crippen MR) is 92.1 cm³/mol. The van der Waals surface area contributed by atoms with Crippen LogP contribution in [0, 0.1) is 0 Å². The molecule has 2 fully saturated rings. The number of likely N-dealkylation sites (tertiary alicyclic amines) is 1. The van der Waals surface area contributed by atoms with Crippen LogP contribution in [0.3, 0.4) is 0 Å². The number of hydrogen-bond donors (Lipinski definition) is 0. The minimum absolute atomic E-state index is 0.0580. The molecule has 8 heteroatoms. The standard InChI is InChI=1S/C18H22N4O4/c1-2-24-17-14(5-3-6-19-17)18(23)21-9-15-16(10-21)26-12-13(11-25-15)22-8-4-7-20-22/h3-8,13,15-16H,2,9-12H2,1H3/t15-,16-/m0/s1. The molecule has 2 aliphatic heterocycles. The van der Waals surface area contributed by atoms with Gasteiger partial charge in [-0.25, -0.2) is 4.98 Å². The molecule has 2 aromatic rings. The third kappa shape index (κ3) is 3.30. The van der Waals surface area contributed by atoms with E-state index in [1.807, 2.05) is 23.9 Å². The van der Waals surface area contributed by atoms with Crippen LogP contribution >= 0.6 is 0 Å². The lowest BCUT2D eigenvalue weighted by molar-refractivity contribution is -0.00461. The van der Waals surface area contributed by atoms with Gasteiger partial charge in [0.1, 0.15) is 17.8 Å². The first-order chi connectivity index (χ1) is 12.8. The first-order valence-corrected chi connectivity index (χ1v) is 8.85. The lowest BCUT2D eigenvalue weighted by Gasteiger charge is -2.19. The second kappa shape index (κ2) is 7.43. The van der Waals surface area contributed by atoms with Crippen molar-refractivity contribution < 1.29 is 19.0 Å². The van der Waals surface area contributed by atoms with E-state index in [-0.39, 0.29) is 24.2 Å². The summed E-state index contributed by atoms with van der Waals surface area (Å²) in [5, 5.41) is 4.26.